The fourth-order valence-corrected chi connectivity index (χ4v) is 5.33. The van der Waals surface area contributed by atoms with Crippen LogP contribution in [0.25, 0.3) is 0 Å². The van der Waals surface area contributed by atoms with Crippen LogP contribution in [0, 0.1) is 23.7 Å². The van der Waals surface area contributed by atoms with Gasteiger partial charge in [0.1, 0.15) is 5.78 Å². The zero-order chi connectivity index (χ0) is 14.9. The van der Waals surface area contributed by atoms with Gasteiger partial charge in [0.15, 0.2) is 0 Å². The van der Waals surface area contributed by atoms with Crippen molar-refractivity contribution in [2.45, 2.75) is 45.1 Å². The minimum absolute atomic E-state index is 0.403. The van der Waals surface area contributed by atoms with E-state index in [1.54, 1.807) is 0 Å². The molecular weight excluding hydrogens is 270 g/mol. The van der Waals surface area contributed by atoms with Gasteiger partial charge < -0.3 is 0 Å². The number of likely N-dealkylation sites (tertiary alicyclic amines) is 1. The number of carbonyl (C=O) groups is 1. The van der Waals surface area contributed by atoms with Crippen molar-refractivity contribution in [3.63, 3.8) is 0 Å². The summed E-state index contributed by atoms with van der Waals surface area (Å²) in [6, 6.07) is 10.8. The van der Waals surface area contributed by atoms with E-state index in [4.69, 9.17) is 0 Å². The summed E-state index contributed by atoms with van der Waals surface area (Å²) in [5.74, 6) is 3.23. The van der Waals surface area contributed by atoms with Crippen molar-refractivity contribution in [2.75, 3.05) is 13.1 Å². The molecule has 1 aromatic carbocycles. The van der Waals surface area contributed by atoms with Gasteiger partial charge in [-0.2, -0.15) is 0 Å². The van der Waals surface area contributed by atoms with Crippen molar-refractivity contribution in [1.82, 2.24) is 4.90 Å². The van der Waals surface area contributed by atoms with E-state index in [1.165, 1.54) is 44.3 Å². The van der Waals surface area contributed by atoms with E-state index in [0.717, 1.165) is 31.2 Å². The Hall–Kier alpha value is -1.15. The lowest BCUT2D eigenvalue weighted by Gasteiger charge is -2.34. The second-order valence-corrected chi connectivity index (χ2v) is 7.66. The molecule has 0 bridgehead atoms. The van der Waals surface area contributed by atoms with Crippen molar-refractivity contribution < 1.29 is 4.79 Å². The molecule has 4 unspecified atom stereocenters. The van der Waals surface area contributed by atoms with Gasteiger partial charge in [0, 0.05) is 32.0 Å². The summed E-state index contributed by atoms with van der Waals surface area (Å²) < 4.78 is 0. The first-order valence-electron chi connectivity index (χ1n) is 9.10. The third-order valence-corrected chi connectivity index (χ3v) is 6.36. The number of carbonyl (C=O) groups excluding carboxylic acids is 1. The van der Waals surface area contributed by atoms with Crippen molar-refractivity contribution in [2.24, 2.45) is 23.7 Å². The molecule has 0 aromatic heterocycles. The number of hydrogen-bond donors (Lipinski definition) is 0. The first-order valence-corrected chi connectivity index (χ1v) is 9.10. The summed E-state index contributed by atoms with van der Waals surface area (Å²) in [7, 11) is 0. The molecule has 118 valence electrons. The second-order valence-electron chi connectivity index (χ2n) is 7.66. The van der Waals surface area contributed by atoms with Crippen LogP contribution in [0.5, 0.6) is 0 Å². The summed E-state index contributed by atoms with van der Waals surface area (Å²) in [5.41, 5.74) is 1.43. The zero-order valence-electron chi connectivity index (χ0n) is 13.4. The highest BCUT2D eigenvalue weighted by Gasteiger charge is 2.45. The lowest BCUT2D eigenvalue weighted by atomic mass is 9.70. The Kier molecular flexibility index (Phi) is 4.04. The van der Waals surface area contributed by atoms with E-state index in [0.29, 0.717) is 17.6 Å². The molecule has 1 aromatic rings. The Labute approximate surface area is 133 Å². The second kappa shape index (κ2) is 6.16. The van der Waals surface area contributed by atoms with Crippen LogP contribution in [0.2, 0.25) is 0 Å². The largest absolute Gasteiger partial charge is 0.299 e. The minimum Gasteiger partial charge on any atom is -0.299 e. The molecule has 0 N–H and O–H groups in total. The van der Waals surface area contributed by atoms with Gasteiger partial charge in [-0.15, -0.1) is 0 Å². The average molecular weight is 297 g/mol. The van der Waals surface area contributed by atoms with E-state index in [9.17, 15) is 4.79 Å². The molecule has 2 heteroatoms. The Bertz CT molecular complexity index is 526. The molecule has 0 amide bonds. The number of rotatable bonds is 2. The molecule has 0 spiro atoms. The van der Waals surface area contributed by atoms with E-state index < -0.39 is 0 Å². The van der Waals surface area contributed by atoms with Gasteiger partial charge in [-0.25, -0.2) is 0 Å². The van der Waals surface area contributed by atoms with E-state index in [-0.39, 0.29) is 0 Å². The van der Waals surface area contributed by atoms with E-state index >= 15 is 0 Å². The van der Waals surface area contributed by atoms with Gasteiger partial charge in [-0.05, 0) is 42.6 Å². The topological polar surface area (TPSA) is 20.3 Å². The highest BCUT2D eigenvalue weighted by Crippen LogP contribution is 2.46. The predicted molar refractivity (Wildman–Crippen MR) is 88.4 cm³/mol. The first-order chi connectivity index (χ1) is 10.8. The van der Waals surface area contributed by atoms with Crippen LogP contribution in [-0.2, 0) is 11.3 Å². The SMILES string of the molecule is O=C1CCC2CN(Cc3ccccc3)CC2C2CCCCC12. The normalized spacial score (nSPS) is 35.7. The number of hydrogen-bond acceptors (Lipinski definition) is 2. The van der Waals surface area contributed by atoms with Crippen LogP contribution < -0.4 is 0 Å². The Balaban J connectivity index is 1.49. The van der Waals surface area contributed by atoms with Crippen molar-refractivity contribution in [1.29, 1.82) is 0 Å². The molecule has 2 nitrogen and oxygen atoms in total. The molecule has 1 saturated heterocycles. The van der Waals surface area contributed by atoms with Crippen molar-refractivity contribution in [3.05, 3.63) is 35.9 Å². The van der Waals surface area contributed by atoms with Crippen LogP contribution in [0.15, 0.2) is 30.3 Å². The number of ketones is 1. The highest BCUT2D eigenvalue weighted by atomic mass is 16.1. The smallest absolute Gasteiger partial charge is 0.136 e. The van der Waals surface area contributed by atoms with Gasteiger partial charge in [0.25, 0.3) is 0 Å². The van der Waals surface area contributed by atoms with Crippen molar-refractivity contribution >= 4 is 5.78 Å². The molecular formula is C20H27NO. The Morgan fingerprint density at radius 3 is 2.64 bits per heavy atom. The minimum atomic E-state index is 0.403. The summed E-state index contributed by atoms with van der Waals surface area (Å²) in [5, 5.41) is 0. The molecule has 1 aliphatic heterocycles. The highest BCUT2D eigenvalue weighted by molar-refractivity contribution is 5.81. The maximum atomic E-state index is 12.4. The quantitative estimate of drug-likeness (QED) is 0.825. The number of fused-ring (bicyclic) bond motifs is 3. The summed E-state index contributed by atoms with van der Waals surface area (Å²) in [6.45, 7) is 3.50. The lowest BCUT2D eigenvalue weighted by Crippen LogP contribution is -2.33. The summed E-state index contributed by atoms with van der Waals surface area (Å²) in [6.07, 6.45) is 7.08. The van der Waals surface area contributed by atoms with Gasteiger partial charge in [0.2, 0.25) is 0 Å². The first kappa shape index (κ1) is 14.4. The van der Waals surface area contributed by atoms with Crippen LogP contribution in [0.4, 0.5) is 0 Å². The molecule has 3 aliphatic rings. The summed E-state index contributed by atoms with van der Waals surface area (Å²) in [4.78, 5) is 15.1. The number of Topliss-reactive ketones (excluding diaryl/α,β-unsaturated/α-hetero) is 1. The third kappa shape index (κ3) is 2.74. The molecule has 2 aliphatic carbocycles. The van der Waals surface area contributed by atoms with Gasteiger partial charge in [-0.1, -0.05) is 43.2 Å². The monoisotopic (exact) mass is 297 g/mol. The maximum Gasteiger partial charge on any atom is 0.136 e. The molecule has 1 heterocycles. The standard InChI is InChI=1S/C20H27NO/c22-20-11-10-16-13-21(12-15-6-2-1-3-7-15)14-19(16)17-8-4-5-9-18(17)20/h1-3,6-7,16-19H,4-5,8-14H2. The van der Waals surface area contributed by atoms with Crippen LogP contribution in [-0.4, -0.2) is 23.8 Å². The molecule has 4 atom stereocenters. The average Bonchev–Trinajstić information content (AvgIpc) is 2.91. The molecule has 3 fully saturated rings. The van der Waals surface area contributed by atoms with Gasteiger partial charge in [-0.3, -0.25) is 9.69 Å². The van der Waals surface area contributed by atoms with Gasteiger partial charge >= 0.3 is 0 Å². The molecule has 0 radical (unpaired) electrons. The molecule has 2 saturated carbocycles. The number of benzene rings is 1. The molecule has 22 heavy (non-hydrogen) atoms. The Morgan fingerprint density at radius 1 is 0.955 bits per heavy atom. The third-order valence-electron chi connectivity index (χ3n) is 6.36. The predicted octanol–water partition coefficient (Wildman–Crippen LogP) is 3.90. The van der Waals surface area contributed by atoms with Crippen molar-refractivity contribution in [3.8, 4) is 0 Å². The summed E-state index contributed by atoms with van der Waals surface area (Å²) >= 11 is 0. The van der Waals surface area contributed by atoms with Crippen LogP contribution >= 0.6 is 0 Å². The lowest BCUT2D eigenvalue weighted by molar-refractivity contribution is -0.125. The van der Waals surface area contributed by atoms with E-state index in [1.807, 2.05) is 0 Å². The molecule has 4 rings (SSSR count). The van der Waals surface area contributed by atoms with E-state index in [2.05, 4.69) is 35.2 Å². The fourth-order valence-electron chi connectivity index (χ4n) is 5.33. The zero-order valence-corrected chi connectivity index (χ0v) is 13.4. The number of nitrogens with zero attached hydrogens (tertiary/aromatic N) is 1. The Morgan fingerprint density at radius 2 is 1.77 bits per heavy atom. The van der Waals surface area contributed by atoms with Gasteiger partial charge in [0.05, 0.1) is 0 Å². The van der Waals surface area contributed by atoms with Crippen LogP contribution in [0.3, 0.4) is 0 Å². The fraction of sp³-hybridized carbons (Fsp3) is 0.650. The maximum absolute atomic E-state index is 12.4. The van der Waals surface area contributed by atoms with Crippen LogP contribution in [0.1, 0.15) is 44.1 Å².